The van der Waals surface area contributed by atoms with Crippen molar-refractivity contribution in [3.63, 3.8) is 0 Å². The molecular formula is C21H29N5O3S. The van der Waals surface area contributed by atoms with Crippen LogP contribution in [0.5, 0.6) is 0 Å². The van der Waals surface area contributed by atoms with E-state index < -0.39 is 10.0 Å². The molecule has 0 spiro atoms. The summed E-state index contributed by atoms with van der Waals surface area (Å²) in [4.78, 5) is 14.1. The second-order valence-corrected chi connectivity index (χ2v) is 9.83. The summed E-state index contributed by atoms with van der Waals surface area (Å²) >= 11 is 0. The third-order valence-electron chi connectivity index (χ3n) is 5.63. The maximum Gasteiger partial charge on any atom is 0.243 e. The summed E-state index contributed by atoms with van der Waals surface area (Å²) in [5.74, 6) is 1.58. The quantitative estimate of drug-likeness (QED) is 0.730. The number of piperazine rings is 1. The number of aryl methyl sites for hydroxylation is 3. The topological polar surface area (TPSA) is 78.9 Å². The number of hydrogen-bond donors (Lipinski definition) is 0. The minimum absolute atomic E-state index is 0.392. The maximum atomic E-state index is 13.1. The van der Waals surface area contributed by atoms with Gasteiger partial charge in [-0.15, -0.1) is 0 Å². The first-order valence-electron chi connectivity index (χ1n) is 10.4. The Morgan fingerprint density at radius 2 is 1.57 bits per heavy atom. The van der Waals surface area contributed by atoms with Gasteiger partial charge in [0.15, 0.2) is 0 Å². The fourth-order valence-corrected chi connectivity index (χ4v) is 5.62. The average molecular weight is 432 g/mol. The van der Waals surface area contributed by atoms with E-state index in [9.17, 15) is 8.42 Å². The van der Waals surface area contributed by atoms with Crippen LogP contribution in [0.3, 0.4) is 0 Å². The van der Waals surface area contributed by atoms with E-state index in [-0.39, 0.29) is 0 Å². The van der Waals surface area contributed by atoms with E-state index in [1.807, 2.05) is 39.0 Å². The standard InChI is InChI=1S/C21H29N5O3S/c1-16-4-5-19(17(2)14-16)30(27,28)26-8-6-25(7-9-26)21-22-18(3)15-20(23-21)24-10-12-29-13-11-24/h4-5,14-15H,6-13H2,1-3H3. The van der Waals surface area contributed by atoms with Crippen LogP contribution in [0.25, 0.3) is 0 Å². The van der Waals surface area contributed by atoms with E-state index >= 15 is 0 Å². The van der Waals surface area contributed by atoms with Gasteiger partial charge in [-0.1, -0.05) is 17.7 Å². The number of sulfonamides is 1. The Kier molecular flexibility index (Phi) is 5.95. The van der Waals surface area contributed by atoms with Gasteiger partial charge in [0.1, 0.15) is 5.82 Å². The van der Waals surface area contributed by atoms with Crippen molar-refractivity contribution in [1.82, 2.24) is 14.3 Å². The lowest BCUT2D eigenvalue weighted by Crippen LogP contribution is -2.49. The van der Waals surface area contributed by atoms with Crippen LogP contribution in [-0.2, 0) is 14.8 Å². The number of aromatic nitrogens is 2. The summed E-state index contributed by atoms with van der Waals surface area (Å²) in [6.07, 6.45) is 0. The smallest absolute Gasteiger partial charge is 0.243 e. The van der Waals surface area contributed by atoms with E-state index in [4.69, 9.17) is 9.72 Å². The van der Waals surface area contributed by atoms with Gasteiger partial charge < -0.3 is 14.5 Å². The molecule has 0 saturated carbocycles. The lowest BCUT2D eigenvalue weighted by Gasteiger charge is -2.35. The first kappa shape index (κ1) is 21.0. The Hall–Kier alpha value is -2.23. The molecular weight excluding hydrogens is 402 g/mol. The van der Waals surface area contributed by atoms with Crippen molar-refractivity contribution in [1.29, 1.82) is 0 Å². The van der Waals surface area contributed by atoms with Gasteiger partial charge in [-0.2, -0.15) is 9.29 Å². The SMILES string of the molecule is Cc1ccc(S(=O)(=O)N2CCN(c3nc(C)cc(N4CCOCC4)n3)CC2)c(C)c1. The van der Waals surface area contributed by atoms with Crippen LogP contribution in [0.4, 0.5) is 11.8 Å². The molecule has 0 aliphatic carbocycles. The Balaban J connectivity index is 1.48. The Morgan fingerprint density at radius 1 is 0.867 bits per heavy atom. The molecule has 0 N–H and O–H groups in total. The molecule has 1 aromatic carbocycles. The molecule has 4 rings (SSSR count). The summed E-state index contributed by atoms with van der Waals surface area (Å²) in [5.41, 5.74) is 2.75. The van der Waals surface area contributed by atoms with Crippen molar-refractivity contribution in [3.8, 4) is 0 Å². The summed E-state index contributed by atoms with van der Waals surface area (Å²) < 4.78 is 33.3. The van der Waals surface area contributed by atoms with Crippen LogP contribution < -0.4 is 9.80 Å². The minimum atomic E-state index is -3.50. The number of anilines is 2. The highest BCUT2D eigenvalue weighted by atomic mass is 32.2. The number of hydrogen-bond acceptors (Lipinski definition) is 7. The first-order chi connectivity index (χ1) is 14.3. The van der Waals surface area contributed by atoms with E-state index in [0.29, 0.717) is 50.2 Å². The van der Waals surface area contributed by atoms with Crippen molar-refractivity contribution in [3.05, 3.63) is 41.1 Å². The predicted molar refractivity (Wildman–Crippen MR) is 117 cm³/mol. The summed E-state index contributed by atoms with van der Waals surface area (Å²) in [7, 11) is -3.50. The molecule has 0 radical (unpaired) electrons. The van der Waals surface area contributed by atoms with Gasteiger partial charge >= 0.3 is 0 Å². The highest BCUT2D eigenvalue weighted by molar-refractivity contribution is 7.89. The number of morpholine rings is 1. The molecule has 2 aliphatic rings. The van der Waals surface area contributed by atoms with Gasteiger partial charge in [-0.3, -0.25) is 0 Å². The highest BCUT2D eigenvalue weighted by Crippen LogP contribution is 2.24. The molecule has 0 amide bonds. The lowest BCUT2D eigenvalue weighted by atomic mass is 10.2. The van der Waals surface area contributed by atoms with Crippen LogP contribution in [-0.4, -0.2) is 75.2 Å². The third-order valence-corrected chi connectivity index (χ3v) is 7.69. The number of rotatable bonds is 4. The minimum Gasteiger partial charge on any atom is -0.378 e. The lowest BCUT2D eigenvalue weighted by molar-refractivity contribution is 0.122. The number of benzene rings is 1. The van der Waals surface area contributed by atoms with Gasteiger partial charge in [0.25, 0.3) is 0 Å². The molecule has 2 saturated heterocycles. The van der Waals surface area contributed by atoms with Gasteiger partial charge in [0.05, 0.1) is 18.1 Å². The average Bonchev–Trinajstić information content (AvgIpc) is 2.74. The summed E-state index contributed by atoms with van der Waals surface area (Å²) in [6.45, 7) is 10.8. The molecule has 0 bridgehead atoms. The molecule has 30 heavy (non-hydrogen) atoms. The molecule has 1 aromatic heterocycles. The second-order valence-electron chi connectivity index (χ2n) is 7.93. The predicted octanol–water partition coefficient (Wildman–Crippen LogP) is 1.75. The van der Waals surface area contributed by atoms with Crippen molar-refractivity contribution < 1.29 is 13.2 Å². The first-order valence-corrected chi connectivity index (χ1v) is 11.8. The van der Waals surface area contributed by atoms with E-state index in [1.54, 1.807) is 10.4 Å². The molecule has 0 unspecified atom stereocenters. The van der Waals surface area contributed by atoms with Gasteiger partial charge in [0, 0.05) is 51.0 Å². The number of nitrogens with zero attached hydrogens (tertiary/aromatic N) is 5. The zero-order chi connectivity index (χ0) is 21.3. The van der Waals surface area contributed by atoms with Gasteiger partial charge in [-0.05, 0) is 32.4 Å². The molecule has 162 valence electrons. The van der Waals surface area contributed by atoms with Crippen molar-refractivity contribution in [2.24, 2.45) is 0 Å². The largest absolute Gasteiger partial charge is 0.378 e. The van der Waals surface area contributed by atoms with Gasteiger partial charge in [-0.25, -0.2) is 13.4 Å². The van der Waals surface area contributed by atoms with Crippen molar-refractivity contribution in [2.75, 3.05) is 62.3 Å². The Labute approximate surface area is 178 Å². The Bertz CT molecular complexity index is 1010. The van der Waals surface area contributed by atoms with E-state index in [1.165, 1.54) is 0 Å². The van der Waals surface area contributed by atoms with Crippen LogP contribution >= 0.6 is 0 Å². The zero-order valence-electron chi connectivity index (χ0n) is 17.8. The van der Waals surface area contributed by atoms with E-state index in [2.05, 4.69) is 14.8 Å². The van der Waals surface area contributed by atoms with Crippen LogP contribution in [0.1, 0.15) is 16.8 Å². The van der Waals surface area contributed by atoms with Gasteiger partial charge in [0.2, 0.25) is 16.0 Å². The molecule has 9 heteroatoms. The zero-order valence-corrected chi connectivity index (χ0v) is 18.7. The van der Waals surface area contributed by atoms with Crippen LogP contribution in [0.2, 0.25) is 0 Å². The molecule has 2 fully saturated rings. The van der Waals surface area contributed by atoms with Crippen molar-refractivity contribution >= 4 is 21.8 Å². The summed E-state index contributed by atoms with van der Waals surface area (Å²) in [5, 5.41) is 0. The molecule has 3 heterocycles. The maximum absolute atomic E-state index is 13.1. The fraction of sp³-hybridized carbons (Fsp3) is 0.524. The van der Waals surface area contributed by atoms with Crippen LogP contribution in [0.15, 0.2) is 29.2 Å². The molecule has 2 aliphatic heterocycles. The monoisotopic (exact) mass is 431 g/mol. The highest BCUT2D eigenvalue weighted by Gasteiger charge is 2.30. The van der Waals surface area contributed by atoms with Crippen LogP contribution in [0, 0.1) is 20.8 Å². The number of ether oxygens (including phenoxy) is 1. The van der Waals surface area contributed by atoms with E-state index in [0.717, 1.165) is 35.7 Å². The molecule has 2 aromatic rings. The van der Waals surface area contributed by atoms with Crippen molar-refractivity contribution in [2.45, 2.75) is 25.7 Å². The Morgan fingerprint density at radius 3 is 2.23 bits per heavy atom. The molecule has 8 nitrogen and oxygen atoms in total. The normalized spacial score (nSPS) is 18.6. The second kappa shape index (κ2) is 8.49. The summed E-state index contributed by atoms with van der Waals surface area (Å²) in [6, 6.07) is 7.47. The third kappa shape index (κ3) is 4.28. The fourth-order valence-electron chi connectivity index (χ4n) is 3.99. The molecule has 0 atom stereocenters.